The van der Waals surface area contributed by atoms with Crippen LogP contribution in [0.5, 0.6) is 0 Å². The molecule has 0 saturated carbocycles. The fourth-order valence-corrected chi connectivity index (χ4v) is 3.65. The number of benzene rings is 1. The molecule has 0 aliphatic rings. The predicted molar refractivity (Wildman–Crippen MR) is 93.1 cm³/mol. The Morgan fingerprint density at radius 2 is 2.00 bits per heavy atom. The first-order chi connectivity index (χ1) is 10.7. The smallest absolute Gasteiger partial charge is 0.310 e. The molecule has 0 fully saturated rings. The summed E-state index contributed by atoms with van der Waals surface area (Å²) in [7, 11) is 0. The highest BCUT2D eigenvalue weighted by Crippen LogP contribution is 2.25. The summed E-state index contributed by atoms with van der Waals surface area (Å²) in [5, 5.41) is 6.97. The van der Waals surface area contributed by atoms with Crippen molar-refractivity contribution in [2.24, 2.45) is 0 Å². The SMILES string of the molecule is O=C(Cc1ccc(Br)cc1)OCc1csc(-c2ccsc2)n1. The molecule has 0 radical (unpaired) electrons. The molecule has 2 aromatic heterocycles. The lowest BCUT2D eigenvalue weighted by Crippen LogP contribution is -2.08. The Bertz CT molecular complexity index is 751. The van der Waals surface area contributed by atoms with E-state index < -0.39 is 0 Å². The molecule has 0 bridgehead atoms. The average molecular weight is 394 g/mol. The van der Waals surface area contributed by atoms with Crippen LogP contribution in [0, 0.1) is 0 Å². The number of halogens is 1. The summed E-state index contributed by atoms with van der Waals surface area (Å²) in [6.45, 7) is 0.218. The highest BCUT2D eigenvalue weighted by Gasteiger charge is 2.09. The molecule has 0 N–H and O–H groups in total. The highest BCUT2D eigenvalue weighted by atomic mass is 79.9. The van der Waals surface area contributed by atoms with E-state index in [0.717, 1.165) is 26.3 Å². The Balaban J connectivity index is 1.54. The average Bonchev–Trinajstić information content (AvgIpc) is 3.18. The minimum absolute atomic E-state index is 0.218. The maximum absolute atomic E-state index is 11.8. The fourth-order valence-electron chi connectivity index (χ4n) is 1.87. The number of aromatic nitrogens is 1. The van der Waals surface area contributed by atoms with Gasteiger partial charge >= 0.3 is 5.97 Å². The molecular formula is C16H12BrNO2S2. The minimum atomic E-state index is -0.243. The minimum Gasteiger partial charge on any atom is -0.459 e. The number of ether oxygens (including phenoxy) is 1. The highest BCUT2D eigenvalue weighted by molar-refractivity contribution is 9.10. The van der Waals surface area contributed by atoms with E-state index in [1.165, 1.54) is 0 Å². The number of esters is 1. The molecule has 3 aromatic rings. The van der Waals surface area contributed by atoms with Crippen LogP contribution in [0.1, 0.15) is 11.3 Å². The maximum atomic E-state index is 11.8. The topological polar surface area (TPSA) is 39.2 Å². The van der Waals surface area contributed by atoms with Crippen LogP contribution in [0.15, 0.2) is 50.9 Å². The van der Waals surface area contributed by atoms with Crippen molar-refractivity contribution >= 4 is 44.6 Å². The van der Waals surface area contributed by atoms with Gasteiger partial charge in [0.25, 0.3) is 0 Å². The number of thiophene rings is 1. The first-order valence-electron chi connectivity index (χ1n) is 6.58. The predicted octanol–water partition coefficient (Wildman–Crippen LogP) is 4.92. The van der Waals surface area contributed by atoms with Crippen LogP contribution in [-0.4, -0.2) is 11.0 Å². The van der Waals surface area contributed by atoms with E-state index in [2.05, 4.69) is 26.3 Å². The molecular weight excluding hydrogens is 382 g/mol. The van der Waals surface area contributed by atoms with E-state index in [0.29, 0.717) is 0 Å². The molecule has 3 rings (SSSR count). The second-order valence-electron chi connectivity index (χ2n) is 4.62. The van der Waals surface area contributed by atoms with Crippen molar-refractivity contribution in [1.29, 1.82) is 0 Å². The van der Waals surface area contributed by atoms with Crippen molar-refractivity contribution in [1.82, 2.24) is 4.98 Å². The van der Waals surface area contributed by atoms with Crippen LogP contribution in [0.4, 0.5) is 0 Å². The number of hydrogen-bond acceptors (Lipinski definition) is 5. The Labute approximate surface area is 144 Å². The van der Waals surface area contributed by atoms with Crippen LogP contribution in [0.25, 0.3) is 10.6 Å². The van der Waals surface area contributed by atoms with Gasteiger partial charge in [0.05, 0.1) is 12.1 Å². The summed E-state index contributed by atoms with van der Waals surface area (Å²) >= 11 is 6.57. The number of carbonyl (C=O) groups excluding carboxylic acids is 1. The van der Waals surface area contributed by atoms with Crippen LogP contribution < -0.4 is 0 Å². The quantitative estimate of drug-likeness (QED) is 0.577. The van der Waals surface area contributed by atoms with Gasteiger partial charge in [0, 0.05) is 20.8 Å². The molecule has 0 atom stereocenters. The molecule has 1 aromatic carbocycles. The normalized spacial score (nSPS) is 10.6. The standard InChI is InChI=1S/C16H12BrNO2S2/c17-13-3-1-11(2-4-13)7-15(19)20-8-14-10-22-16(18-14)12-5-6-21-9-12/h1-6,9-10H,7-8H2. The lowest BCUT2D eigenvalue weighted by atomic mass is 10.2. The van der Waals surface area contributed by atoms with Crippen LogP contribution in [0.3, 0.4) is 0 Å². The van der Waals surface area contributed by atoms with Gasteiger partial charge in [0.1, 0.15) is 11.6 Å². The number of nitrogens with zero attached hydrogens (tertiary/aromatic N) is 1. The van der Waals surface area contributed by atoms with Crippen molar-refractivity contribution in [3.05, 3.63) is 62.2 Å². The zero-order valence-electron chi connectivity index (χ0n) is 11.5. The third kappa shape index (κ3) is 4.03. The lowest BCUT2D eigenvalue weighted by Gasteiger charge is -2.03. The summed E-state index contributed by atoms with van der Waals surface area (Å²) in [5.74, 6) is -0.243. The number of thiazole rings is 1. The third-order valence-electron chi connectivity index (χ3n) is 2.96. The van der Waals surface area contributed by atoms with E-state index in [1.807, 2.05) is 41.1 Å². The largest absolute Gasteiger partial charge is 0.459 e. The Morgan fingerprint density at radius 3 is 2.73 bits per heavy atom. The number of hydrogen-bond donors (Lipinski definition) is 0. The van der Waals surface area contributed by atoms with Gasteiger partial charge < -0.3 is 4.74 Å². The molecule has 0 spiro atoms. The Kier molecular flexibility index (Phi) is 5.02. The van der Waals surface area contributed by atoms with E-state index in [-0.39, 0.29) is 19.0 Å². The van der Waals surface area contributed by atoms with Gasteiger partial charge in [0.2, 0.25) is 0 Å². The summed E-state index contributed by atoms with van der Waals surface area (Å²) < 4.78 is 6.28. The molecule has 0 aliphatic carbocycles. The molecule has 2 heterocycles. The molecule has 0 saturated heterocycles. The molecule has 6 heteroatoms. The van der Waals surface area contributed by atoms with Gasteiger partial charge in [0.15, 0.2) is 0 Å². The molecule has 0 unspecified atom stereocenters. The van der Waals surface area contributed by atoms with Crippen molar-refractivity contribution < 1.29 is 9.53 Å². The van der Waals surface area contributed by atoms with Gasteiger partial charge in [-0.2, -0.15) is 11.3 Å². The van der Waals surface area contributed by atoms with E-state index in [9.17, 15) is 4.79 Å². The van der Waals surface area contributed by atoms with Crippen LogP contribution in [-0.2, 0) is 22.6 Å². The zero-order chi connectivity index (χ0) is 15.4. The van der Waals surface area contributed by atoms with Crippen LogP contribution >= 0.6 is 38.6 Å². The van der Waals surface area contributed by atoms with Crippen molar-refractivity contribution in [2.75, 3.05) is 0 Å². The summed E-state index contributed by atoms with van der Waals surface area (Å²) in [6, 6.07) is 9.67. The Morgan fingerprint density at radius 1 is 1.18 bits per heavy atom. The second kappa shape index (κ2) is 7.17. The van der Waals surface area contributed by atoms with Crippen molar-refractivity contribution in [3.8, 4) is 10.6 Å². The zero-order valence-corrected chi connectivity index (χ0v) is 14.7. The van der Waals surface area contributed by atoms with Gasteiger partial charge in [-0.3, -0.25) is 4.79 Å². The third-order valence-corrected chi connectivity index (χ3v) is 5.11. The van der Waals surface area contributed by atoms with Gasteiger partial charge in [-0.1, -0.05) is 28.1 Å². The first-order valence-corrected chi connectivity index (χ1v) is 9.19. The summed E-state index contributed by atoms with van der Waals surface area (Å²) in [5.41, 5.74) is 2.84. The van der Waals surface area contributed by atoms with E-state index in [1.54, 1.807) is 22.7 Å². The summed E-state index contributed by atoms with van der Waals surface area (Å²) in [6.07, 6.45) is 0.273. The van der Waals surface area contributed by atoms with Crippen molar-refractivity contribution in [3.63, 3.8) is 0 Å². The monoisotopic (exact) mass is 393 g/mol. The van der Waals surface area contributed by atoms with Crippen LogP contribution in [0.2, 0.25) is 0 Å². The Hall–Kier alpha value is -1.50. The molecule has 112 valence electrons. The molecule has 22 heavy (non-hydrogen) atoms. The van der Waals surface area contributed by atoms with Crippen molar-refractivity contribution in [2.45, 2.75) is 13.0 Å². The van der Waals surface area contributed by atoms with Gasteiger partial charge in [-0.25, -0.2) is 4.98 Å². The molecule has 0 aliphatic heterocycles. The molecule has 3 nitrogen and oxygen atoms in total. The van der Waals surface area contributed by atoms with E-state index in [4.69, 9.17) is 4.74 Å². The fraction of sp³-hybridized carbons (Fsp3) is 0.125. The maximum Gasteiger partial charge on any atom is 0.310 e. The first kappa shape index (κ1) is 15.4. The molecule has 0 amide bonds. The lowest BCUT2D eigenvalue weighted by molar-refractivity contribution is -0.144. The van der Waals surface area contributed by atoms with Gasteiger partial charge in [-0.15, -0.1) is 11.3 Å². The van der Waals surface area contributed by atoms with E-state index >= 15 is 0 Å². The second-order valence-corrected chi connectivity index (χ2v) is 7.17. The number of rotatable bonds is 5. The summed E-state index contributed by atoms with van der Waals surface area (Å²) in [4.78, 5) is 16.3. The number of carbonyl (C=O) groups is 1. The van der Waals surface area contributed by atoms with Gasteiger partial charge in [-0.05, 0) is 29.1 Å².